The smallest absolute Gasteiger partial charge is 0.264 e. The molecule has 0 aliphatic rings. The Hall–Kier alpha value is -4.35. The van der Waals surface area contributed by atoms with E-state index in [2.05, 4.69) is 21.2 Å². The van der Waals surface area contributed by atoms with Crippen LogP contribution in [-0.4, -0.2) is 58.5 Å². The predicted octanol–water partition coefficient (Wildman–Crippen LogP) is 6.07. The number of benzene rings is 4. The van der Waals surface area contributed by atoms with Gasteiger partial charge in [0.1, 0.15) is 24.1 Å². The zero-order valence-electron chi connectivity index (χ0n) is 26.9. The summed E-state index contributed by atoms with van der Waals surface area (Å²) in [5, 5.41) is 3.00. The second-order valence-electron chi connectivity index (χ2n) is 11.4. The summed E-state index contributed by atoms with van der Waals surface area (Å²) in [7, 11) is -1.37. The Morgan fingerprint density at radius 2 is 1.45 bits per heavy atom. The number of sulfonamides is 1. The lowest BCUT2D eigenvalue weighted by atomic mass is 10.0. The van der Waals surface area contributed by atoms with Gasteiger partial charge in [-0.1, -0.05) is 84.4 Å². The van der Waals surface area contributed by atoms with Crippen LogP contribution in [0.4, 0.5) is 5.69 Å². The van der Waals surface area contributed by atoms with Gasteiger partial charge in [-0.3, -0.25) is 13.9 Å². The number of hydrogen-bond acceptors (Lipinski definition) is 6. The second kappa shape index (κ2) is 16.5. The van der Waals surface area contributed by atoms with E-state index in [1.54, 1.807) is 36.4 Å². The second-order valence-corrected chi connectivity index (χ2v) is 14.1. The first kappa shape index (κ1) is 35.5. The molecule has 1 unspecified atom stereocenters. The molecule has 47 heavy (non-hydrogen) atoms. The molecule has 4 aromatic carbocycles. The van der Waals surface area contributed by atoms with Crippen molar-refractivity contribution in [3.63, 3.8) is 0 Å². The molecule has 9 nitrogen and oxygen atoms in total. The third kappa shape index (κ3) is 9.36. The largest absolute Gasteiger partial charge is 0.497 e. The van der Waals surface area contributed by atoms with E-state index in [-0.39, 0.29) is 41.1 Å². The summed E-state index contributed by atoms with van der Waals surface area (Å²) < 4.78 is 41.3. The van der Waals surface area contributed by atoms with Crippen molar-refractivity contribution >= 4 is 43.5 Å². The molecule has 0 aliphatic heterocycles. The molecule has 4 aromatic rings. The number of nitrogens with one attached hydrogen (secondary N) is 1. The average Bonchev–Trinajstić information content (AvgIpc) is 3.08. The molecule has 1 atom stereocenters. The van der Waals surface area contributed by atoms with Gasteiger partial charge in [0.05, 0.1) is 24.8 Å². The van der Waals surface area contributed by atoms with Crippen LogP contribution in [0.25, 0.3) is 0 Å². The maximum Gasteiger partial charge on any atom is 0.264 e. The minimum Gasteiger partial charge on any atom is -0.497 e. The van der Waals surface area contributed by atoms with Crippen LogP contribution < -0.4 is 19.1 Å². The zero-order valence-corrected chi connectivity index (χ0v) is 29.3. The SMILES string of the molecule is COc1ccc(S(=O)(=O)N(CC(=O)N(Cc2ccc(Br)cc2)C(Cc2ccccc2)C(=O)NCC(C)C)c2ccccc2OC)cc1. The molecular formula is C36H40BrN3O6S. The van der Waals surface area contributed by atoms with Crippen molar-refractivity contribution in [2.24, 2.45) is 5.92 Å². The van der Waals surface area contributed by atoms with E-state index < -0.39 is 28.5 Å². The third-order valence-corrected chi connectivity index (χ3v) is 9.80. The number of amides is 2. The molecule has 0 heterocycles. The minimum atomic E-state index is -4.30. The highest BCUT2D eigenvalue weighted by Gasteiger charge is 2.35. The Labute approximate surface area is 285 Å². The van der Waals surface area contributed by atoms with Crippen LogP contribution in [-0.2, 0) is 32.6 Å². The molecule has 2 amide bonds. The molecule has 0 radical (unpaired) electrons. The molecule has 0 aliphatic carbocycles. The monoisotopic (exact) mass is 721 g/mol. The summed E-state index contributed by atoms with van der Waals surface area (Å²) in [5.41, 5.74) is 1.82. The fourth-order valence-corrected chi connectivity index (χ4v) is 6.68. The van der Waals surface area contributed by atoms with Gasteiger partial charge in [0, 0.05) is 24.0 Å². The Kier molecular flexibility index (Phi) is 12.4. The Morgan fingerprint density at radius 1 is 0.809 bits per heavy atom. The maximum atomic E-state index is 14.6. The number of methoxy groups -OCH3 is 2. The molecule has 0 aromatic heterocycles. The number of anilines is 1. The lowest BCUT2D eigenvalue weighted by Gasteiger charge is -2.34. The van der Waals surface area contributed by atoms with E-state index in [9.17, 15) is 18.0 Å². The predicted molar refractivity (Wildman–Crippen MR) is 187 cm³/mol. The Bertz CT molecular complexity index is 1730. The van der Waals surface area contributed by atoms with Crippen LogP contribution in [0.5, 0.6) is 11.5 Å². The van der Waals surface area contributed by atoms with Crippen molar-refractivity contribution in [2.75, 3.05) is 31.6 Å². The van der Waals surface area contributed by atoms with E-state index >= 15 is 0 Å². The maximum absolute atomic E-state index is 14.6. The molecule has 248 valence electrons. The van der Waals surface area contributed by atoms with Crippen LogP contribution >= 0.6 is 15.9 Å². The highest BCUT2D eigenvalue weighted by molar-refractivity contribution is 9.10. The molecule has 4 rings (SSSR count). The summed E-state index contributed by atoms with van der Waals surface area (Å²) in [6.45, 7) is 3.89. The summed E-state index contributed by atoms with van der Waals surface area (Å²) in [5.74, 6) is 0.0575. The lowest BCUT2D eigenvalue weighted by molar-refractivity contribution is -0.140. The normalized spacial score (nSPS) is 11.9. The van der Waals surface area contributed by atoms with E-state index in [1.807, 2.05) is 68.4 Å². The molecule has 11 heteroatoms. The van der Waals surface area contributed by atoms with Crippen molar-refractivity contribution in [1.82, 2.24) is 10.2 Å². The van der Waals surface area contributed by atoms with Crippen LogP contribution in [0.3, 0.4) is 0 Å². The molecular weight excluding hydrogens is 682 g/mol. The topological polar surface area (TPSA) is 105 Å². The van der Waals surface area contributed by atoms with Crippen LogP contribution in [0.2, 0.25) is 0 Å². The number of para-hydroxylation sites is 2. The van der Waals surface area contributed by atoms with E-state index in [0.29, 0.717) is 12.3 Å². The minimum absolute atomic E-state index is 0.0352. The summed E-state index contributed by atoms with van der Waals surface area (Å²) in [6.07, 6.45) is 0.229. The van der Waals surface area contributed by atoms with Gasteiger partial charge in [0.15, 0.2) is 0 Å². The first-order valence-corrected chi connectivity index (χ1v) is 17.4. The van der Waals surface area contributed by atoms with Crippen molar-refractivity contribution < 1.29 is 27.5 Å². The van der Waals surface area contributed by atoms with Crippen molar-refractivity contribution in [1.29, 1.82) is 0 Å². The van der Waals surface area contributed by atoms with Gasteiger partial charge in [-0.25, -0.2) is 8.42 Å². The quantitative estimate of drug-likeness (QED) is 0.160. The van der Waals surface area contributed by atoms with Gasteiger partial charge in [-0.15, -0.1) is 0 Å². The zero-order chi connectivity index (χ0) is 34.0. The first-order valence-electron chi connectivity index (χ1n) is 15.2. The van der Waals surface area contributed by atoms with Gasteiger partial charge in [-0.05, 0) is 65.6 Å². The molecule has 0 bridgehead atoms. The van der Waals surface area contributed by atoms with Crippen LogP contribution in [0.15, 0.2) is 112 Å². The third-order valence-electron chi connectivity index (χ3n) is 7.50. The van der Waals surface area contributed by atoms with Crippen molar-refractivity contribution in [3.8, 4) is 11.5 Å². The lowest BCUT2D eigenvalue weighted by Crippen LogP contribution is -2.53. The molecule has 0 spiro atoms. The molecule has 0 saturated carbocycles. The molecule has 0 fully saturated rings. The number of hydrogen-bond donors (Lipinski definition) is 1. The highest BCUT2D eigenvalue weighted by atomic mass is 79.9. The Morgan fingerprint density at radius 3 is 2.06 bits per heavy atom. The molecule has 1 N–H and O–H groups in total. The fourth-order valence-electron chi connectivity index (χ4n) is 4.99. The van der Waals surface area contributed by atoms with E-state index in [4.69, 9.17) is 9.47 Å². The van der Waals surface area contributed by atoms with E-state index in [1.165, 1.54) is 31.3 Å². The van der Waals surface area contributed by atoms with Gasteiger partial charge >= 0.3 is 0 Å². The number of carbonyl (C=O) groups is 2. The number of halogens is 1. The fraction of sp³-hybridized carbons (Fsp3) is 0.278. The highest BCUT2D eigenvalue weighted by Crippen LogP contribution is 2.33. The number of rotatable bonds is 15. The molecule has 0 saturated heterocycles. The summed E-state index contributed by atoms with van der Waals surface area (Å²) in [6, 6.07) is 28.5. The van der Waals surface area contributed by atoms with Crippen LogP contribution in [0, 0.1) is 5.92 Å². The van der Waals surface area contributed by atoms with Crippen molar-refractivity contribution in [3.05, 3.63) is 119 Å². The first-order chi connectivity index (χ1) is 22.5. The van der Waals surface area contributed by atoms with E-state index in [0.717, 1.165) is 19.9 Å². The Balaban J connectivity index is 1.82. The summed E-state index contributed by atoms with van der Waals surface area (Å²) in [4.78, 5) is 30.0. The van der Waals surface area contributed by atoms with Gasteiger partial charge in [0.25, 0.3) is 10.0 Å². The van der Waals surface area contributed by atoms with Gasteiger partial charge in [-0.2, -0.15) is 0 Å². The van der Waals surface area contributed by atoms with Gasteiger partial charge in [0.2, 0.25) is 11.8 Å². The average molecular weight is 723 g/mol. The van der Waals surface area contributed by atoms with Gasteiger partial charge < -0.3 is 19.7 Å². The number of nitrogens with zero attached hydrogens (tertiary/aromatic N) is 2. The van der Waals surface area contributed by atoms with Crippen molar-refractivity contribution in [2.45, 2.75) is 37.8 Å². The van der Waals surface area contributed by atoms with Crippen LogP contribution in [0.1, 0.15) is 25.0 Å². The standard InChI is InChI=1S/C36H40BrN3O6S/c1-26(2)23-38-36(42)33(22-27-10-6-5-7-11-27)39(24-28-14-16-29(37)17-15-28)35(41)25-40(32-12-8-9-13-34(32)46-4)47(43,44)31-20-18-30(45-3)19-21-31/h5-21,26,33H,22-25H2,1-4H3,(H,38,42). The number of ether oxygens (including phenoxy) is 2. The number of carbonyl (C=O) groups excluding carboxylic acids is 2. The summed E-state index contributed by atoms with van der Waals surface area (Å²) >= 11 is 3.46.